The summed E-state index contributed by atoms with van der Waals surface area (Å²) in [4.78, 5) is 41.5. The molecule has 0 aliphatic heterocycles. The maximum atomic E-state index is 12.8. The van der Waals surface area contributed by atoms with E-state index in [0.29, 0.717) is 12.5 Å². The van der Waals surface area contributed by atoms with Crippen LogP contribution in [0.2, 0.25) is 0 Å². The summed E-state index contributed by atoms with van der Waals surface area (Å²) >= 11 is 0. The third-order valence-electron chi connectivity index (χ3n) is 5.30. The van der Waals surface area contributed by atoms with Crippen LogP contribution in [0.15, 0.2) is 39.9 Å². The molecule has 0 spiro atoms. The van der Waals surface area contributed by atoms with Crippen LogP contribution in [-0.2, 0) is 0 Å². The van der Waals surface area contributed by atoms with Gasteiger partial charge in [-0.15, -0.1) is 0 Å². The molecule has 1 aliphatic rings. The molecule has 0 atom stereocenters. The van der Waals surface area contributed by atoms with Gasteiger partial charge < -0.3 is 15.6 Å². The van der Waals surface area contributed by atoms with Gasteiger partial charge in [-0.1, -0.05) is 51.1 Å². The Morgan fingerprint density at radius 2 is 1.69 bits per heavy atom. The van der Waals surface area contributed by atoms with E-state index in [0.717, 1.165) is 25.7 Å². The minimum absolute atomic E-state index is 0.00631. The quantitative estimate of drug-likeness (QED) is 0.621. The zero-order valence-electron chi connectivity index (χ0n) is 17.3. The molecule has 7 nitrogen and oxygen atoms in total. The SMILES string of the molecule is CC(C)(C)CNc1c(C(=O)N[C@H]2CC[C@@H](c3ccccc3)CC2)[nH]c(=O)[nH]c1=O. The summed E-state index contributed by atoms with van der Waals surface area (Å²) in [6.07, 6.45) is 3.72. The van der Waals surface area contributed by atoms with E-state index in [1.807, 2.05) is 26.8 Å². The van der Waals surface area contributed by atoms with Gasteiger partial charge in [-0.2, -0.15) is 0 Å². The average molecular weight is 399 g/mol. The standard InChI is InChI=1S/C22H30N4O3/c1-22(2,3)13-23-17-18(25-21(29)26-19(17)27)20(28)24-16-11-9-15(10-12-16)14-7-5-4-6-8-14/h4-8,15-16,23H,9-13H2,1-3H3,(H,24,28)(H2,25,26,27,29)/t15-,16+. The Kier molecular flexibility index (Phi) is 6.25. The number of carbonyl (C=O) groups is 1. The molecule has 0 unspecified atom stereocenters. The largest absolute Gasteiger partial charge is 0.378 e. The molecular weight excluding hydrogens is 368 g/mol. The molecule has 1 saturated carbocycles. The summed E-state index contributed by atoms with van der Waals surface area (Å²) in [6, 6.07) is 10.5. The highest BCUT2D eigenvalue weighted by Crippen LogP contribution is 2.32. The van der Waals surface area contributed by atoms with E-state index in [2.05, 4.69) is 44.9 Å². The van der Waals surface area contributed by atoms with Crippen molar-refractivity contribution in [2.75, 3.05) is 11.9 Å². The van der Waals surface area contributed by atoms with Crippen LogP contribution in [-0.4, -0.2) is 28.5 Å². The van der Waals surface area contributed by atoms with E-state index in [9.17, 15) is 14.4 Å². The number of benzene rings is 1. The van der Waals surface area contributed by atoms with Crippen molar-refractivity contribution >= 4 is 11.6 Å². The van der Waals surface area contributed by atoms with Crippen LogP contribution in [0.1, 0.15) is 68.4 Å². The second-order valence-electron chi connectivity index (χ2n) is 9.01. The van der Waals surface area contributed by atoms with Gasteiger partial charge in [0, 0.05) is 12.6 Å². The maximum Gasteiger partial charge on any atom is 0.326 e. The van der Waals surface area contributed by atoms with Crippen molar-refractivity contribution in [1.82, 2.24) is 15.3 Å². The molecule has 7 heteroatoms. The predicted molar refractivity (Wildman–Crippen MR) is 115 cm³/mol. The average Bonchev–Trinajstić information content (AvgIpc) is 2.67. The van der Waals surface area contributed by atoms with Gasteiger partial charge in [0.1, 0.15) is 11.4 Å². The van der Waals surface area contributed by atoms with Crippen molar-refractivity contribution < 1.29 is 4.79 Å². The minimum atomic E-state index is -0.686. The van der Waals surface area contributed by atoms with Gasteiger partial charge in [-0.05, 0) is 42.6 Å². The molecule has 1 amide bonds. The first-order chi connectivity index (χ1) is 13.7. The first kappa shape index (κ1) is 20.9. The van der Waals surface area contributed by atoms with E-state index in [1.165, 1.54) is 5.56 Å². The molecule has 1 fully saturated rings. The van der Waals surface area contributed by atoms with Crippen LogP contribution >= 0.6 is 0 Å². The number of hydrogen-bond donors (Lipinski definition) is 4. The molecule has 156 valence electrons. The summed E-state index contributed by atoms with van der Waals surface area (Å²) in [5, 5.41) is 6.02. The van der Waals surface area contributed by atoms with Crippen LogP contribution in [0.25, 0.3) is 0 Å². The fourth-order valence-electron chi connectivity index (χ4n) is 3.73. The third-order valence-corrected chi connectivity index (χ3v) is 5.30. The van der Waals surface area contributed by atoms with Crippen molar-refractivity contribution in [2.24, 2.45) is 5.41 Å². The maximum absolute atomic E-state index is 12.8. The second kappa shape index (κ2) is 8.68. The Morgan fingerprint density at radius 1 is 1.03 bits per heavy atom. The molecule has 3 rings (SSSR count). The normalized spacial score (nSPS) is 19.6. The number of amides is 1. The van der Waals surface area contributed by atoms with Crippen molar-refractivity contribution in [1.29, 1.82) is 0 Å². The summed E-state index contributed by atoms with van der Waals surface area (Å²) in [6.45, 7) is 6.55. The number of carbonyl (C=O) groups excluding carboxylic acids is 1. The summed E-state index contributed by atoms with van der Waals surface area (Å²) in [5.74, 6) is 0.0838. The molecule has 0 saturated heterocycles. The number of H-pyrrole nitrogens is 2. The van der Waals surface area contributed by atoms with Gasteiger partial charge in [0.15, 0.2) is 0 Å². The van der Waals surface area contributed by atoms with Gasteiger partial charge in [0.25, 0.3) is 11.5 Å². The molecule has 0 radical (unpaired) electrons. The Hall–Kier alpha value is -2.83. The first-order valence-electron chi connectivity index (χ1n) is 10.2. The van der Waals surface area contributed by atoms with Crippen LogP contribution in [0.3, 0.4) is 0 Å². The van der Waals surface area contributed by atoms with E-state index in [4.69, 9.17) is 0 Å². The topological polar surface area (TPSA) is 107 Å². The number of anilines is 1. The van der Waals surface area contributed by atoms with Crippen molar-refractivity contribution in [3.05, 3.63) is 62.4 Å². The predicted octanol–water partition coefficient (Wildman–Crippen LogP) is 2.98. The number of rotatable bonds is 5. The highest BCUT2D eigenvalue weighted by atomic mass is 16.2. The van der Waals surface area contributed by atoms with Crippen LogP contribution in [0.4, 0.5) is 5.69 Å². The lowest BCUT2D eigenvalue weighted by atomic mass is 9.82. The zero-order valence-corrected chi connectivity index (χ0v) is 17.3. The monoisotopic (exact) mass is 398 g/mol. The van der Waals surface area contributed by atoms with E-state index >= 15 is 0 Å². The summed E-state index contributed by atoms with van der Waals surface area (Å²) < 4.78 is 0. The third kappa shape index (κ3) is 5.59. The van der Waals surface area contributed by atoms with E-state index in [-0.39, 0.29) is 22.8 Å². The summed E-state index contributed by atoms with van der Waals surface area (Å²) in [7, 11) is 0. The Morgan fingerprint density at radius 3 is 2.31 bits per heavy atom. The van der Waals surface area contributed by atoms with Crippen molar-refractivity contribution in [3.63, 3.8) is 0 Å². The zero-order chi connectivity index (χ0) is 21.0. The van der Waals surface area contributed by atoms with E-state index in [1.54, 1.807) is 0 Å². The molecular formula is C22H30N4O3. The Labute approximate surface area is 170 Å². The molecule has 0 bridgehead atoms. The van der Waals surface area contributed by atoms with Crippen LogP contribution in [0.5, 0.6) is 0 Å². The van der Waals surface area contributed by atoms with Gasteiger partial charge in [0.05, 0.1) is 0 Å². The van der Waals surface area contributed by atoms with Gasteiger partial charge >= 0.3 is 5.69 Å². The van der Waals surface area contributed by atoms with Crippen LogP contribution < -0.4 is 21.9 Å². The first-order valence-corrected chi connectivity index (χ1v) is 10.2. The van der Waals surface area contributed by atoms with Gasteiger partial charge in [-0.25, -0.2) is 4.79 Å². The number of aromatic amines is 2. The second-order valence-corrected chi connectivity index (χ2v) is 9.01. The summed E-state index contributed by atoms with van der Waals surface area (Å²) in [5.41, 5.74) is 0.0739. The molecule has 1 heterocycles. The molecule has 1 aliphatic carbocycles. The number of nitrogens with one attached hydrogen (secondary N) is 4. The lowest BCUT2D eigenvalue weighted by Gasteiger charge is -2.29. The number of hydrogen-bond acceptors (Lipinski definition) is 4. The number of aromatic nitrogens is 2. The molecule has 2 aromatic rings. The van der Waals surface area contributed by atoms with Crippen molar-refractivity contribution in [2.45, 2.75) is 58.4 Å². The lowest BCUT2D eigenvalue weighted by Crippen LogP contribution is -2.40. The van der Waals surface area contributed by atoms with Crippen LogP contribution in [0, 0.1) is 5.41 Å². The van der Waals surface area contributed by atoms with Crippen molar-refractivity contribution in [3.8, 4) is 0 Å². The fraction of sp³-hybridized carbons (Fsp3) is 0.500. The molecule has 1 aromatic heterocycles. The molecule has 29 heavy (non-hydrogen) atoms. The Bertz CT molecular complexity index is 949. The Balaban J connectivity index is 1.68. The minimum Gasteiger partial charge on any atom is -0.378 e. The van der Waals surface area contributed by atoms with E-state index < -0.39 is 17.2 Å². The molecule has 1 aromatic carbocycles. The fourth-order valence-corrected chi connectivity index (χ4v) is 3.73. The van der Waals surface area contributed by atoms with Gasteiger partial charge in [-0.3, -0.25) is 14.6 Å². The lowest BCUT2D eigenvalue weighted by molar-refractivity contribution is 0.0921. The highest BCUT2D eigenvalue weighted by Gasteiger charge is 2.26. The highest BCUT2D eigenvalue weighted by molar-refractivity contribution is 5.97. The smallest absolute Gasteiger partial charge is 0.326 e. The van der Waals surface area contributed by atoms with Gasteiger partial charge in [0.2, 0.25) is 0 Å². The molecule has 4 N–H and O–H groups in total.